The predicted molar refractivity (Wildman–Crippen MR) is 103 cm³/mol. The van der Waals surface area contributed by atoms with Crippen LogP contribution >= 0.6 is 11.6 Å². The Bertz CT molecular complexity index is 1020. The standard InChI is InChI=1S/C20H18ClFN4O3/c1-12-17(18(25-29-12)15-6-2-3-7-16(15)21)19(27)26-8-4-5-14(11-26)28-20-23-9-13(22)10-24-20/h2-3,6-7,9-10,14H,4-5,8,11H2,1H3. The highest BCUT2D eigenvalue weighted by Crippen LogP contribution is 2.32. The van der Waals surface area contributed by atoms with Gasteiger partial charge in [-0.3, -0.25) is 4.79 Å². The molecule has 1 fully saturated rings. The van der Waals surface area contributed by atoms with Gasteiger partial charge in [0, 0.05) is 12.1 Å². The second kappa shape index (κ2) is 8.16. The zero-order valence-electron chi connectivity index (χ0n) is 15.6. The second-order valence-electron chi connectivity index (χ2n) is 6.76. The predicted octanol–water partition coefficient (Wildman–Crippen LogP) is 3.92. The molecule has 1 saturated heterocycles. The molecule has 4 rings (SSSR count). The van der Waals surface area contributed by atoms with Crippen LogP contribution in [-0.4, -0.2) is 45.1 Å². The first-order valence-electron chi connectivity index (χ1n) is 9.17. The van der Waals surface area contributed by atoms with Crippen molar-refractivity contribution in [1.82, 2.24) is 20.0 Å². The maximum Gasteiger partial charge on any atom is 0.316 e. The largest absolute Gasteiger partial charge is 0.458 e. The van der Waals surface area contributed by atoms with Crippen LogP contribution in [-0.2, 0) is 0 Å². The fourth-order valence-corrected chi connectivity index (χ4v) is 3.57. The summed E-state index contributed by atoms with van der Waals surface area (Å²) >= 11 is 6.29. The molecule has 3 heterocycles. The van der Waals surface area contributed by atoms with Crippen molar-refractivity contribution >= 4 is 17.5 Å². The Morgan fingerprint density at radius 2 is 2.07 bits per heavy atom. The lowest BCUT2D eigenvalue weighted by molar-refractivity contribution is 0.0514. The Morgan fingerprint density at radius 3 is 2.83 bits per heavy atom. The molecule has 0 N–H and O–H groups in total. The fraction of sp³-hybridized carbons (Fsp3) is 0.300. The summed E-state index contributed by atoms with van der Waals surface area (Å²) in [6.45, 7) is 2.63. The Labute approximate surface area is 171 Å². The van der Waals surface area contributed by atoms with Gasteiger partial charge in [-0.05, 0) is 25.8 Å². The molecule has 1 aromatic carbocycles. The van der Waals surface area contributed by atoms with Crippen LogP contribution < -0.4 is 4.74 Å². The Kier molecular flexibility index (Phi) is 5.44. The molecule has 1 unspecified atom stereocenters. The molecule has 150 valence electrons. The molecule has 0 radical (unpaired) electrons. The minimum Gasteiger partial charge on any atom is -0.458 e. The van der Waals surface area contributed by atoms with Crippen molar-refractivity contribution in [2.24, 2.45) is 0 Å². The third kappa shape index (κ3) is 4.07. The van der Waals surface area contributed by atoms with Crippen LogP contribution in [0.25, 0.3) is 11.3 Å². The van der Waals surface area contributed by atoms with Crippen molar-refractivity contribution in [3.05, 3.63) is 58.8 Å². The van der Waals surface area contributed by atoms with Crippen LogP contribution in [0.5, 0.6) is 6.01 Å². The molecule has 9 heteroatoms. The van der Waals surface area contributed by atoms with Crippen LogP contribution in [0.1, 0.15) is 29.0 Å². The van der Waals surface area contributed by atoms with Gasteiger partial charge >= 0.3 is 6.01 Å². The quantitative estimate of drug-likeness (QED) is 0.641. The lowest BCUT2D eigenvalue weighted by atomic mass is 10.0. The number of nitrogens with zero attached hydrogens (tertiary/aromatic N) is 4. The minimum absolute atomic E-state index is 0.0867. The van der Waals surface area contributed by atoms with E-state index < -0.39 is 5.82 Å². The van der Waals surface area contributed by atoms with Gasteiger partial charge in [0.05, 0.1) is 24.0 Å². The van der Waals surface area contributed by atoms with Gasteiger partial charge in [-0.25, -0.2) is 14.4 Å². The number of aromatic nitrogens is 3. The second-order valence-corrected chi connectivity index (χ2v) is 7.17. The molecule has 3 aromatic rings. The van der Waals surface area contributed by atoms with Crippen molar-refractivity contribution in [1.29, 1.82) is 0 Å². The van der Waals surface area contributed by atoms with E-state index >= 15 is 0 Å². The van der Waals surface area contributed by atoms with E-state index in [0.29, 0.717) is 40.7 Å². The number of halogens is 2. The van der Waals surface area contributed by atoms with Crippen LogP contribution in [0.4, 0.5) is 4.39 Å². The Hall–Kier alpha value is -3.00. The van der Waals surface area contributed by atoms with Crippen LogP contribution in [0, 0.1) is 12.7 Å². The zero-order chi connectivity index (χ0) is 20.4. The number of aryl methyl sites for hydroxylation is 1. The average Bonchev–Trinajstić information content (AvgIpc) is 3.11. The summed E-state index contributed by atoms with van der Waals surface area (Å²) < 4.78 is 24.0. The topological polar surface area (TPSA) is 81.4 Å². The summed E-state index contributed by atoms with van der Waals surface area (Å²) in [5.41, 5.74) is 1.44. The Morgan fingerprint density at radius 1 is 1.31 bits per heavy atom. The van der Waals surface area contributed by atoms with Crippen molar-refractivity contribution in [2.75, 3.05) is 13.1 Å². The number of amides is 1. The maximum absolute atomic E-state index is 13.3. The number of likely N-dealkylation sites (tertiary alicyclic amines) is 1. The van der Waals surface area contributed by atoms with E-state index in [1.807, 2.05) is 12.1 Å². The molecule has 1 amide bonds. The van der Waals surface area contributed by atoms with E-state index in [4.69, 9.17) is 20.9 Å². The van der Waals surface area contributed by atoms with E-state index in [1.54, 1.807) is 24.0 Å². The number of carbonyl (C=O) groups is 1. The zero-order valence-corrected chi connectivity index (χ0v) is 16.4. The van der Waals surface area contributed by atoms with Crippen molar-refractivity contribution in [2.45, 2.75) is 25.9 Å². The molecule has 29 heavy (non-hydrogen) atoms. The van der Waals surface area contributed by atoms with Crippen molar-refractivity contribution < 1.29 is 18.4 Å². The number of carbonyl (C=O) groups excluding carboxylic acids is 1. The summed E-state index contributed by atoms with van der Waals surface area (Å²) in [5, 5.41) is 4.55. The van der Waals surface area contributed by atoms with Gasteiger partial charge in [0.2, 0.25) is 0 Å². The number of rotatable bonds is 4. The minimum atomic E-state index is -0.534. The van der Waals surface area contributed by atoms with E-state index in [9.17, 15) is 9.18 Å². The Balaban J connectivity index is 1.55. The first-order valence-corrected chi connectivity index (χ1v) is 9.55. The molecule has 7 nitrogen and oxygen atoms in total. The summed E-state index contributed by atoms with van der Waals surface area (Å²) in [6.07, 6.45) is 3.30. The molecule has 0 aliphatic carbocycles. The maximum atomic E-state index is 13.3. The molecule has 2 aromatic heterocycles. The molecule has 0 spiro atoms. The van der Waals surface area contributed by atoms with E-state index in [0.717, 1.165) is 25.2 Å². The number of hydrogen-bond acceptors (Lipinski definition) is 6. The normalized spacial score (nSPS) is 16.7. The van der Waals surface area contributed by atoms with Crippen LogP contribution in [0.2, 0.25) is 5.02 Å². The molecule has 1 aliphatic rings. The highest BCUT2D eigenvalue weighted by Gasteiger charge is 2.31. The van der Waals surface area contributed by atoms with Crippen LogP contribution in [0.15, 0.2) is 41.2 Å². The lowest BCUT2D eigenvalue weighted by Gasteiger charge is -2.32. The SMILES string of the molecule is Cc1onc(-c2ccccc2Cl)c1C(=O)N1CCCC(Oc2ncc(F)cn2)C1. The highest BCUT2D eigenvalue weighted by molar-refractivity contribution is 6.33. The van der Waals surface area contributed by atoms with Gasteiger partial charge in [0.15, 0.2) is 5.82 Å². The number of benzene rings is 1. The third-order valence-electron chi connectivity index (χ3n) is 4.74. The van der Waals surface area contributed by atoms with Gasteiger partial charge in [-0.15, -0.1) is 0 Å². The van der Waals surface area contributed by atoms with Gasteiger partial charge in [-0.1, -0.05) is 35.0 Å². The number of ether oxygens (including phenoxy) is 1. The lowest BCUT2D eigenvalue weighted by Crippen LogP contribution is -2.44. The highest BCUT2D eigenvalue weighted by atomic mass is 35.5. The van der Waals surface area contributed by atoms with E-state index in [2.05, 4.69) is 15.1 Å². The van der Waals surface area contributed by atoms with E-state index in [-0.39, 0.29) is 18.0 Å². The molecule has 0 saturated carbocycles. The monoisotopic (exact) mass is 416 g/mol. The molecule has 0 bridgehead atoms. The van der Waals surface area contributed by atoms with Crippen LogP contribution in [0.3, 0.4) is 0 Å². The summed E-state index contributed by atoms with van der Waals surface area (Å²) in [6, 6.07) is 7.26. The number of piperidine rings is 1. The van der Waals surface area contributed by atoms with Gasteiger partial charge in [-0.2, -0.15) is 0 Å². The van der Waals surface area contributed by atoms with Crippen molar-refractivity contribution in [3.8, 4) is 17.3 Å². The molecular formula is C20H18ClFN4O3. The third-order valence-corrected chi connectivity index (χ3v) is 5.07. The van der Waals surface area contributed by atoms with Crippen molar-refractivity contribution in [3.63, 3.8) is 0 Å². The van der Waals surface area contributed by atoms with E-state index in [1.165, 1.54) is 0 Å². The van der Waals surface area contributed by atoms with Gasteiger partial charge in [0.25, 0.3) is 5.91 Å². The first-order chi connectivity index (χ1) is 14.0. The van der Waals surface area contributed by atoms with Gasteiger partial charge < -0.3 is 14.2 Å². The smallest absolute Gasteiger partial charge is 0.316 e. The summed E-state index contributed by atoms with van der Waals surface area (Å²) in [7, 11) is 0. The average molecular weight is 417 g/mol. The summed E-state index contributed by atoms with van der Waals surface area (Å²) in [4.78, 5) is 22.6. The number of hydrogen-bond donors (Lipinski definition) is 0. The van der Waals surface area contributed by atoms with Gasteiger partial charge in [0.1, 0.15) is 23.1 Å². The molecule has 1 aliphatic heterocycles. The first kappa shape index (κ1) is 19.3. The molecule has 1 atom stereocenters. The fourth-order valence-electron chi connectivity index (χ4n) is 3.35. The molecular weight excluding hydrogens is 399 g/mol. The summed E-state index contributed by atoms with van der Waals surface area (Å²) in [5.74, 6) is -0.311.